The van der Waals surface area contributed by atoms with Crippen molar-refractivity contribution in [2.24, 2.45) is 0 Å². The van der Waals surface area contributed by atoms with Crippen LogP contribution in [0.1, 0.15) is 24.8 Å². The topological polar surface area (TPSA) is 27.0 Å². The number of thiophene rings is 1. The Morgan fingerprint density at radius 1 is 1.54 bits per heavy atom. The first-order valence-corrected chi connectivity index (χ1v) is 5.38. The third-order valence-electron chi connectivity index (χ3n) is 2.11. The van der Waals surface area contributed by atoms with E-state index in [-0.39, 0.29) is 6.04 Å². The summed E-state index contributed by atoms with van der Waals surface area (Å²) < 4.78 is 0. The highest BCUT2D eigenvalue weighted by atomic mass is 32.1. The lowest BCUT2D eigenvalue weighted by atomic mass is 10.2. The van der Waals surface area contributed by atoms with Crippen molar-refractivity contribution in [3.8, 4) is 6.07 Å². The van der Waals surface area contributed by atoms with E-state index in [4.69, 9.17) is 5.26 Å². The molecule has 0 aromatic carbocycles. The second kappa shape index (κ2) is 5.00. The van der Waals surface area contributed by atoms with Gasteiger partial charge in [0, 0.05) is 4.88 Å². The molecule has 0 radical (unpaired) electrons. The molecule has 1 unspecified atom stereocenters. The summed E-state index contributed by atoms with van der Waals surface area (Å²) in [5, 5.41) is 11.1. The lowest BCUT2D eigenvalue weighted by molar-refractivity contribution is 0.265. The Bertz CT molecular complexity index is 270. The van der Waals surface area contributed by atoms with Crippen LogP contribution in [0.5, 0.6) is 0 Å². The third kappa shape index (κ3) is 2.30. The van der Waals surface area contributed by atoms with E-state index in [1.807, 2.05) is 17.5 Å². The van der Waals surface area contributed by atoms with Crippen molar-refractivity contribution in [2.45, 2.75) is 19.9 Å². The van der Waals surface area contributed by atoms with Gasteiger partial charge in [-0.05, 0) is 24.5 Å². The minimum atomic E-state index is -0.0602. The highest BCUT2D eigenvalue weighted by Crippen LogP contribution is 2.23. The second-order valence-corrected chi connectivity index (χ2v) is 3.75. The Hall–Kier alpha value is -0.850. The van der Waals surface area contributed by atoms with E-state index in [0.29, 0.717) is 0 Å². The normalized spacial score (nSPS) is 12.8. The molecule has 3 heteroatoms. The van der Waals surface area contributed by atoms with Gasteiger partial charge in [0.1, 0.15) is 6.04 Å². The van der Waals surface area contributed by atoms with Crippen LogP contribution in [-0.2, 0) is 0 Å². The number of nitrogens with zero attached hydrogens (tertiary/aromatic N) is 2. The molecule has 1 aromatic rings. The molecule has 70 valence electrons. The van der Waals surface area contributed by atoms with Crippen LogP contribution in [0.15, 0.2) is 17.5 Å². The number of nitriles is 1. The first kappa shape index (κ1) is 10.2. The van der Waals surface area contributed by atoms with Crippen molar-refractivity contribution in [3.63, 3.8) is 0 Å². The molecule has 1 aromatic heterocycles. The summed E-state index contributed by atoms with van der Waals surface area (Å²) in [6, 6.07) is 6.30. The standard InChI is InChI=1S/C10H14N2S/c1-3-12(4-2)9(8-11)10-6-5-7-13-10/h5-7,9H,3-4H2,1-2H3. The average Bonchev–Trinajstić information content (AvgIpc) is 2.66. The van der Waals surface area contributed by atoms with Crippen molar-refractivity contribution in [3.05, 3.63) is 22.4 Å². The van der Waals surface area contributed by atoms with E-state index in [0.717, 1.165) is 18.0 Å². The van der Waals surface area contributed by atoms with Gasteiger partial charge in [-0.2, -0.15) is 5.26 Å². The molecule has 0 saturated heterocycles. The zero-order valence-electron chi connectivity index (χ0n) is 8.03. The molecule has 0 aliphatic carbocycles. The lowest BCUT2D eigenvalue weighted by Crippen LogP contribution is -2.26. The summed E-state index contributed by atoms with van der Waals surface area (Å²) in [6.45, 7) is 6.02. The van der Waals surface area contributed by atoms with E-state index >= 15 is 0 Å². The quantitative estimate of drug-likeness (QED) is 0.736. The summed E-state index contributed by atoms with van der Waals surface area (Å²) in [5.74, 6) is 0. The van der Waals surface area contributed by atoms with Crippen LogP contribution < -0.4 is 0 Å². The van der Waals surface area contributed by atoms with Gasteiger partial charge < -0.3 is 0 Å². The van der Waals surface area contributed by atoms with Crippen LogP contribution in [0, 0.1) is 11.3 Å². The molecule has 0 amide bonds. The maximum Gasteiger partial charge on any atom is 0.133 e. The summed E-state index contributed by atoms with van der Waals surface area (Å²) >= 11 is 1.65. The molecule has 0 N–H and O–H groups in total. The minimum Gasteiger partial charge on any atom is -0.284 e. The summed E-state index contributed by atoms with van der Waals surface area (Å²) in [7, 11) is 0. The van der Waals surface area contributed by atoms with Crippen molar-refractivity contribution >= 4 is 11.3 Å². The molecular weight excluding hydrogens is 180 g/mol. The highest BCUT2D eigenvalue weighted by Gasteiger charge is 2.17. The Labute approximate surface area is 83.4 Å². The largest absolute Gasteiger partial charge is 0.284 e. The van der Waals surface area contributed by atoms with E-state index in [1.165, 1.54) is 0 Å². The van der Waals surface area contributed by atoms with Crippen molar-refractivity contribution in [1.29, 1.82) is 5.26 Å². The fourth-order valence-corrected chi connectivity index (χ4v) is 2.16. The summed E-state index contributed by atoms with van der Waals surface area (Å²) in [5.41, 5.74) is 0. The monoisotopic (exact) mass is 194 g/mol. The maximum atomic E-state index is 9.05. The van der Waals surface area contributed by atoms with Crippen molar-refractivity contribution < 1.29 is 0 Å². The first-order chi connectivity index (χ1) is 6.33. The van der Waals surface area contributed by atoms with Crippen LogP contribution in [0.25, 0.3) is 0 Å². The Balaban J connectivity index is 2.80. The molecule has 0 fully saturated rings. The third-order valence-corrected chi connectivity index (χ3v) is 3.04. The van der Waals surface area contributed by atoms with Gasteiger partial charge in [-0.25, -0.2) is 0 Å². The summed E-state index contributed by atoms with van der Waals surface area (Å²) in [4.78, 5) is 3.30. The lowest BCUT2D eigenvalue weighted by Gasteiger charge is -2.22. The predicted octanol–water partition coefficient (Wildman–Crippen LogP) is 2.65. The van der Waals surface area contributed by atoms with Crippen molar-refractivity contribution in [2.75, 3.05) is 13.1 Å². The number of hydrogen-bond donors (Lipinski definition) is 0. The van der Waals surface area contributed by atoms with Gasteiger partial charge >= 0.3 is 0 Å². The second-order valence-electron chi connectivity index (χ2n) is 2.77. The van der Waals surface area contributed by atoms with Crippen LogP contribution in [-0.4, -0.2) is 18.0 Å². The fourth-order valence-electron chi connectivity index (χ4n) is 1.36. The molecule has 1 atom stereocenters. The molecule has 13 heavy (non-hydrogen) atoms. The molecule has 0 saturated carbocycles. The molecule has 0 spiro atoms. The molecule has 0 bridgehead atoms. The maximum absolute atomic E-state index is 9.05. The van der Waals surface area contributed by atoms with E-state index < -0.39 is 0 Å². The number of hydrogen-bond acceptors (Lipinski definition) is 3. The van der Waals surface area contributed by atoms with Crippen molar-refractivity contribution in [1.82, 2.24) is 4.90 Å². The Morgan fingerprint density at radius 2 is 2.23 bits per heavy atom. The molecule has 0 aliphatic heterocycles. The smallest absolute Gasteiger partial charge is 0.133 e. The van der Waals surface area contributed by atoms with Gasteiger partial charge in [-0.15, -0.1) is 11.3 Å². The first-order valence-electron chi connectivity index (χ1n) is 4.50. The van der Waals surface area contributed by atoms with Gasteiger partial charge in [-0.3, -0.25) is 4.90 Å². The van der Waals surface area contributed by atoms with Crippen LogP contribution in [0.3, 0.4) is 0 Å². The average molecular weight is 194 g/mol. The SMILES string of the molecule is CCN(CC)C(C#N)c1cccs1. The number of rotatable bonds is 4. The van der Waals surface area contributed by atoms with E-state index in [9.17, 15) is 0 Å². The van der Waals surface area contributed by atoms with E-state index in [2.05, 4.69) is 24.8 Å². The van der Waals surface area contributed by atoms with Gasteiger partial charge in [0.25, 0.3) is 0 Å². The predicted molar refractivity (Wildman–Crippen MR) is 55.6 cm³/mol. The Morgan fingerprint density at radius 3 is 2.62 bits per heavy atom. The highest BCUT2D eigenvalue weighted by molar-refractivity contribution is 7.10. The minimum absolute atomic E-state index is 0.0602. The van der Waals surface area contributed by atoms with Gasteiger partial charge in [0.15, 0.2) is 0 Å². The molecule has 0 aliphatic rings. The molecular formula is C10H14N2S. The molecule has 1 heterocycles. The summed E-state index contributed by atoms with van der Waals surface area (Å²) in [6.07, 6.45) is 0. The van der Waals surface area contributed by atoms with Gasteiger partial charge in [0.2, 0.25) is 0 Å². The Kier molecular flexibility index (Phi) is 3.94. The van der Waals surface area contributed by atoms with Crippen LogP contribution in [0.2, 0.25) is 0 Å². The molecule has 1 rings (SSSR count). The zero-order chi connectivity index (χ0) is 9.68. The fraction of sp³-hybridized carbons (Fsp3) is 0.500. The zero-order valence-corrected chi connectivity index (χ0v) is 8.84. The van der Waals surface area contributed by atoms with E-state index in [1.54, 1.807) is 11.3 Å². The molecule has 2 nitrogen and oxygen atoms in total. The van der Waals surface area contributed by atoms with Crippen LogP contribution in [0.4, 0.5) is 0 Å². The van der Waals surface area contributed by atoms with Crippen LogP contribution >= 0.6 is 11.3 Å². The van der Waals surface area contributed by atoms with Gasteiger partial charge in [0.05, 0.1) is 6.07 Å². The van der Waals surface area contributed by atoms with Gasteiger partial charge in [-0.1, -0.05) is 19.9 Å².